The SMILES string of the molecule is CCC[C@@H](N[S@+]([O-])C(C)(C)C)c1nccc(-c2ccc3cnn(-c4cccc(CO[Si](C)(C)C(C)(C)C)n4)c3c2)n1. The Morgan fingerprint density at radius 1 is 1.05 bits per heavy atom. The van der Waals surface area contributed by atoms with Gasteiger partial charge in [-0.1, -0.05) is 52.3 Å². The fourth-order valence-corrected chi connectivity index (χ4v) is 5.81. The Morgan fingerprint density at radius 2 is 1.80 bits per heavy atom. The second kappa shape index (κ2) is 12.3. The van der Waals surface area contributed by atoms with Crippen LogP contribution in [0.5, 0.6) is 0 Å². The molecule has 0 fully saturated rings. The van der Waals surface area contributed by atoms with Gasteiger partial charge < -0.3 is 8.98 Å². The molecule has 0 unspecified atom stereocenters. The van der Waals surface area contributed by atoms with Gasteiger partial charge in [0.15, 0.2) is 14.1 Å². The van der Waals surface area contributed by atoms with Gasteiger partial charge in [-0.25, -0.2) is 19.6 Å². The van der Waals surface area contributed by atoms with Crippen LogP contribution >= 0.6 is 0 Å². The molecule has 0 aliphatic carbocycles. The van der Waals surface area contributed by atoms with Crippen molar-refractivity contribution < 1.29 is 8.98 Å². The van der Waals surface area contributed by atoms with E-state index in [4.69, 9.17) is 14.4 Å². The van der Waals surface area contributed by atoms with Gasteiger partial charge in [-0.05, 0) is 69.6 Å². The Labute approximate surface area is 248 Å². The smallest absolute Gasteiger partial charge is 0.192 e. The number of rotatable bonds is 10. The molecule has 0 spiro atoms. The van der Waals surface area contributed by atoms with E-state index in [-0.39, 0.29) is 15.8 Å². The van der Waals surface area contributed by atoms with Crippen molar-refractivity contribution in [1.29, 1.82) is 0 Å². The van der Waals surface area contributed by atoms with Gasteiger partial charge in [-0.15, -0.1) is 4.72 Å². The van der Waals surface area contributed by atoms with Crippen LogP contribution in [-0.2, 0) is 22.4 Å². The number of nitrogens with one attached hydrogen (secondary N) is 1. The van der Waals surface area contributed by atoms with Crippen molar-refractivity contribution >= 4 is 30.6 Å². The third kappa shape index (κ3) is 7.42. The number of aromatic nitrogens is 5. The Bertz CT molecular complexity index is 1480. The van der Waals surface area contributed by atoms with Gasteiger partial charge in [0.1, 0.15) is 16.6 Å². The quantitative estimate of drug-likeness (QED) is 0.152. The standard InChI is InChI=1S/C31H44N6O2SSi/c1-10-12-26(36-40(38)30(2,3)4)29-32-18-17-25(35-29)22-15-16-23-20-33-37(27(23)19-22)28-14-11-13-24(34-28)21-39-41(8,9)31(5,6)7/h11,13-20,26,36H,10,12,21H2,1-9H3/t26-,40-/m1/s1. The lowest BCUT2D eigenvalue weighted by atomic mass is 10.1. The molecule has 0 amide bonds. The molecule has 0 saturated carbocycles. The fourth-order valence-electron chi connectivity index (χ4n) is 4.03. The van der Waals surface area contributed by atoms with Crippen LogP contribution in [-0.4, -0.2) is 42.3 Å². The molecule has 8 nitrogen and oxygen atoms in total. The Hall–Kier alpha value is -2.63. The third-order valence-electron chi connectivity index (χ3n) is 7.63. The highest BCUT2D eigenvalue weighted by molar-refractivity contribution is 7.90. The predicted molar refractivity (Wildman–Crippen MR) is 171 cm³/mol. The van der Waals surface area contributed by atoms with E-state index in [1.807, 2.05) is 62.0 Å². The maximum atomic E-state index is 12.8. The Morgan fingerprint density at radius 3 is 2.49 bits per heavy atom. The molecule has 41 heavy (non-hydrogen) atoms. The van der Waals surface area contributed by atoms with Gasteiger partial charge in [0, 0.05) is 28.5 Å². The molecule has 4 rings (SSSR count). The van der Waals surface area contributed by atoms with Crippen LogP contribution in [0.1, 0.15) is 78.9 Å². The van der Waals surface area contributed by atoms with E-state index in [9.17, 15) is 4.55 Å². The molecule has 0 radical (unpaired) electrons. The minimum Gasteiger partial charge on any atom is -0.598 e. The largest absolute Gasteiger partial charge is 0.598 e. The van der Waals surface area contributed by atoms with Crippen LogP contribution < -0.4 is 4.72 Å². The van der Waals surface area contributed by atoms with Gasteiger partial charge in [0.2, 0.25) is 0 Å². The van der Waals surface area contributed by atoms with Crippen molar-refractivity contribution in [2.24, 2.45) is 0 Å². The summed E-state index contributed by atoms with van der Waals surface area (Å²) in [5.74, 6) is 1.39. The first-order chi connectivity index (χ1) is 19.2. The molecular formula is C31H44N6O2SSi. The van der Waals surface area contributed by atoms with Gasteiger partial charge in [0.25, 0.3) is 0 Å². The molecule has 1 aromatic carbocycles. The van der Waals surface area contributed by atoms with Crippen LogP contribution in [0.15, 0.2) is 54.9 Å². The molecule has 0 saturated heterocycles. The lowest BCUT2D eigenvalue weighted by molar-refractivity contribution is 0.272. The van der Waals surface area contributed by atoms with Crippen molar-refractivity contribution in [1.82, 2.24) is 29.5 Å². The summed E-state index contributed by atoms with van der Waals surface area (Å²) >= 11 is -1.23. The molecule has 0 aliphatic heterocycles. The number of hydrogen-bond acceptors (Lipinski definition) is 7. The summed E-state index contributed by atoms with van der Waals surface area (Å²) in [6, 6.07) is 13.9. The van der Waals surface area contributed by atoms with Crippen molar-refractivity contribution in [2.75, 3.05) is 0 Å². The van der Waals surface area contributed by atoms with E-state index in [0.29, 0.717) is 12.4 Å². The molecule has 3 aromatic heterocycles. The molecule has 220 valence electrons. The Balaban J connectivity index is 1.63. The van der Waals surface area contributed by atoms with Crippen LogP contribution in [0, 0.1) is 0 Å². The molecule has 1 N–H and O–H groups in total. The first-order valence-corrected chi connectivity index (χ1v) is 18.3. The number of hydrogen-bond donors (Lipinski definition) is 1. The van der Waals surface area contributed by atoms with E-state index in [1.165, 1.54) is 0 Å². The van der Waals surface area contributed by atoms with Gasteiger partial charge in [-0.3, -0.25) is 0 Å². The first kappa shape index (κ1) is 31.3. The van der Waals surface area contributed by atoms with Crippen LogP contribution in [0.3, 0.4) is 0 Å². The molecule has 4 aromatic rings. The Kier molecular flexibility index (Phi) is 9.40. The minimum atomic E-state index is -1.89. The number of pyridine rings is 1. The van der Waals surface area contributed by atoms with Gasteiger partial charge in [-0.2, -0.15) is 5.10 Å². The van der Waals surface area contributed by atoms with Crippen LogP contribution in [0.25, 0.3) is 28.0 Å². The van der Waals surface area contributed by atoms with Crippen molar-refractivity contribution in [2.45, 2.75) is 96.8 Å². The fraction of sp³-hybridized carbons (Fsp3) is 0.484. The van der Waals surface area contributed by atoms with Crippen LogP contribution in [0.2, 0.25) is 18.1 Å². The highest BCUT2D eigenvalue weighted by Gasteiger charge is 2.37. The monoisotopic (exact) mass is 592 g/mol. The van der Waals surface area contributed by atoms with Crippen molar-refractivity contribution in [3.63, 3.8) is 0 Å². The topological polar surface area (TPSA) is 101 Å². The number of nitrogens with zero attached hydrogens (tertiary/aromatic N) is 5. The average Bonchev–Trinajstić information content (AvgIpc) is 3.34. The second-order valence-corrected chi connectivity index (χ2v) is 19.8. The first-order valence-electron chi connectivity index (χ1n) is 14.3. The summed E-state index contributed by atoms with van der Waals surface area (Å²) in [5.41, 5.74) is 3.58. The van der Waals surface area contributed by atoms with Gasteiger partial charge >= 0.3 is 0 Å². The summed E-state index contributed by atoms with van der Waals surface area (Å²) in [6.07, 6.45) is 5.34. The maximum absolute atomic E-state index is 12.8. The van der Waals surface area contributed by atoms with Crippen molar-refractivity contribution in [3.8, 4) is 17.1 Å². The van der Waals surface area contributed by atoms with Gasteiger partial charge in [0.05, 0.1) is 29.7 Å². The normalized spacial score (nSPS) is 14.4. The summed E-state index contributed by atoms with van der Waals surface area (Å²) in [7, 11) is -1.89. The molecule has 0 aliphatic rings. The number of benzene rings is 1. The summed E-state index contributed by atoms with van der Waals surface area (Å²) in [6.45, 7) is 19.7. The lowest BCUT2D eigenvalue weighted by Crippen LogP contribution is -2.41. The minimum absolute atomic E-state index is 0.135. The van der Waals surface area contributed by atoms with Crippen molar-refractivity contribution in [3.05, 3.63) is 66.4 Å². The third-order valence-corrected chi connectivity index (χ3v) is 13.7. The summed E-state index contributed by atoms with van der Waals surface area (Å²) < 4.78 is 24.0. The van der Waals surface area contributed by atoms with Crippen LogP contribution in [0.4, 0.5) is 0 Å². The molecule has 2 atom stereocenters. The predicted octanol–water partition coefficient (Wildman–Crippen LogP) is 7.29. The summed E-state index contributed by atoms with van der Waals surface area (Å²) in [4.78, 5) is 14.3. The molecular weight excluding hydrogens is 549 g/mol. The lowest BCUT2D eigenvalue weighted by Gasteiger charge is -2.36. The molecule has 10 heteroatoms. The van der Waals surface area contributed by atoms with E-state index >= 15 is 0 Å². The highest BCUT2D eigenvalue weighted by atomic mass is 32.2. The zero-order valence-electron chi connectivity index (χ0n) is 25.9. The summed E-state index contributed by atoms with van der Waals surface area (Å²) in [5, 5.41) is 5.81. The number of fused-ring (bicyclic) bond motifs is 1. The van der Waals surface area contributed by atoms with E-state index in [2.05, 4.69) is 67.7 Å². The molecule has 3 heterocycles. The highest BCUT2D eigenvalue weighted by Crippen LogP contribution is 2.37. The zero-order chi connectivity index (χ0) is 30.0. The zero-order valence-corrected chi connectivity index (χ0v) is 27.7. The van der Waals surface area contributed by atoms with E-state index < -0.39 is 19.7 Å². The van der Waals surface area contributed by atoms with E-state index in [1.54, 1.807) is 6.20 Å². The second-order valence-electron chi connectivity index (χ2n) is 13.0. The average molecular weight is 593 g/mol. The molecule has 0 bridgehead atoms. The van der Waals surface area contributed by atoms with E-state index in [0.717, 1.165) is 46.5 Å². The maximum Gasteiger partial charge on any atom is 0.192 e.